The van der Waals surface area contributed by atoms with Crippen molar-refractivity contribution in [1.29, 1.82) is 0 Å². The smallest absolute Gasteiger partial charge is 0.335 e. The van der Waals surface area contributed by atoms with Gasteiger partial charge in [0.1, 0.15) is 12.2 Å². The molecule has 0 aromatic rings. The molecule has 1 aliphatic heterocycles. The zero-order valence-electron chi connectivity index (χ0n) is 18.5. The Morgan fingerprint density at radius 2 is 1.37 bits per heavy atom. The van der Waals surface area contributed by atoms with Crippen molar-refractivity contribution in [2.24, 2.45) is 0 Å². The maximum absolute atomic E-state index is 12.1. The number of epoxide rings is 1. The Balaban J connectivity index is 2.15. The lowest BCUT2D eigenvalue weighted by Crippen LogP contribution is -2.20. The van der Waals surface area contributed by atoms with Crippen molar-refractivity contribution < 1.29 is 34.1 Å². The average molecular weight is 429 g/mol. The number of carboxylic acids is 2. The van der Waals surface area contributed by atoms with Crippen LogP contribution in [-0.4, -0.2) is 46.4 Å². The molecule has 1 fully saturated rings. The molecule has 0 saturated carbocycles. The predicted molar refractivity (Wildman–Crippen MR) is 113 cm³/mol. The van der Waals surface area contributed by atoms with Gasteiger partial charge < -0.3 is 19.7 Å². The summed E-state index contributed by atoms with van der Waals surface area (Å²) in [6.45, 7) is 2.16. The summed E-state index contributed by atoms with van der Waals surface area (Å²) in [6.07, 6.45) is 13.4. The van der Waals surface area contributed by atoms with Gasteiger partial charge in [0.2, 0.25) is 0 Å². The molecule has 0 radical (unpaired) electrons. The molecule has 1 heterocycles. The number of carboxylic acid groups (broad SMARTS) is 2. The number of rotatable bonds is 20. The SMILES string of the molecule is CCCCCCC(CCCCCCCCCCC(=O)O)OC(=O)CC1OC1C(=O)O. The number of aliphatic carboxylic acids is 2. The Kier molecular flexibility index (Phi) is 14.2. The first-order chi connectivity index (χ1) is 14.4. The van der Waals surface area contributed by atoms with Gasteiger partial charge in [-0.25, -0.2) is 4.79 Å². The van der Waals surface area contributed by atoms with Crippen LogP contribution in [0.2, 0.25) is 0 Å². The van der Waals surface area contributed by atoms with E-state index in [2.05, 4.69) is 6.92 Å². The van der Waals surface area contributed by atoms with E-state index in [9.17, 15) is 14.4 Å². The molecule has 0 amide bonds. The van der Waals surface area contributed by atoms with Gasteiger partial charge in [-0.2, -0.15) is 0 Å². The molecule has 30 heavy (non-hydrogen) atoms. The molecule has 7 heteroatoms. The molecule has 1 saturated heterocycles. The third-order valence-electron chi connectivity index (χ3n) is 5.54. The van der Waals surface area contributed by atoms with Gasteiger partial charge in [-0.15, -0.1) is 0 Å². The van der Waals surface area contributed by atoms with Gasteiger partial charge in [0.15, 0.2) is 6.10 Å². The van der Waals surface area contributed by atoms with Gasteiger partial charge >= 0.3 is 17.9 Å². The average Bonchev–Trinajstić information content (AvgIpc) is 3.45. The maximum Gasteiger partial charge on any atom is 0.335 e. The minimum atomic E-state index is -1.02. The van der Waals surface area contributed by atoms with Crippen molar-refractivity contribution >= 4 is 17.9 Å². The fraction of sp³-hybridized carbons (Fsp3) is 0.870. The zero-order chi connectivity index (χ0) is 22.2. The molecule has 3 unspecified atom stereocenters. The highest BCUT2D eigenvalue weighted by Gasteiger charge is 2.46. The molecule has 0 bridgehead atoms. The van der Waals surface area contributed by atoms with Crippen LogP contribution in [0.4, 0.5) is 0 Å². The third-order valence-corrected chi connectivity index (χ3v) is 5.54. The van der Waals surface area contributed by atoms with E-state index >= 15 is 0 Å². The second-order valence-electron chi connectivity index (χ2n) is 8.36. The number of unbranched alkanes of at least 4 members (excludes halogenated alkanes) is 10. The summed E-state index contributed by atoms with van der Waals surface area (Å²) in [4.78, 5) is 33.4. The van der Waals surface area contributed by atoms with Crippen molar-refractivity contribution in [3.8, 4) is 0 Å². The van der Waals surface area contributed by atoms with Crippen LogP contribution in [0.15, 0.2) is 0 Å². The van der Waals surface area contributed by atoms with Crippen molar-refractivity contribution in [2.75, 3.05) is 0 Å². The van der Waals surface area contributed by atoms with Crippen molar-refractivity contribution in [3.05, 3.63) is 0 Å². The third kappa shape index (κ3) is 13.6. The quantitative estimate of drug-likeness (QED) is 0.158. The van der Waals surface area contributed by atoms with E-state index in [1.807, 2.05) is 0 Å². The van der Waals surface area contributed by atoms with Crippen LogP contribution in [0.1, 0.15) is 110 Å². The number of ether oxygens (including phenoxy) is 2. The number of carbonyl (C=O) groups is 3. The van der Waals surface area contributed by atoms with Crippen LogP contribution in [-0.2, 0) is 23.9 Å². The predicted octanol–water partition coefficient (Wildman–Crippen LogP) is 5.10. The first-order valence-corrected chi connectivity index (χ1v) is 11.7. The normalized spacial score (nSPS) is 18.7. The van der Waals surface area contributed by atoms with Crippen LogP contribution >= 0.6 is 0 Å². The van der Waals surface area contributed by atoms with Crippen LogP contribution in [0.5, 0.6) is 0 Å². The van der Waals surface area contributed by atoms with Gasteiger partial charge in [0.25, 0.3) is 0 Å². The Morgan fingerprint density at radius 3 is 1.87 bits per heavy atom. The van der Waals surface area contributed by atoms with E-state index in [0.717, 1.165) is 83.5 Å². The molecule has 0 aromatic carbocycles. The minimum Gasteiger partial charge on any atom is -0.481 e. The summed E-state index contributed by atoms with van der Waals surface area (Å²) in [5.74, 6) is -2.09. The second kappa shape index (κ2) is 16.1. The van der Waals surface area contributed by atoms with E-state index in [4.69, 9.17) is 19.7 Å². The summed E-state index contributed by atoms with van der Waals surface area (Å²) >= 11 is 0. The van der Waals surface area contributed by atoms with E-state index in [1.165, 1.54) is 6.42 Å². The highest BCUT2D eigenvalue weighted by atomic mass is 16.6. The number of carbonyl (C=O) groups excluding carboxylic acids is 1. The largest absolute Gasteiger partial charge is 0.481 e. The maximum atomic E-state index is 12.1. The molecule has 0 aliphatic carbocycles. The first-order valence-electron chi connectivity index (χ1n) is 11.7. The molecule has 0 aromatic heterocycles. The van der Waals surface area contributed by atoms with Crippen LogP contribution < -0.4 is 0 Å². The number of hydrogen-bond acceptors (Lipinski definition) is 5. The summed E-state index contributed by atoms with van der Waals surface area (Å²) in [7, 11) is 0. The molecule has 7 nitrogen and oxygen atoms in total. The van der Waals surface area contributed by atoms with Crippen molar-refractivity contribution in [2.45, 2.75) is 128 Å². The van der Waals surface area contributed by atoms with Gasteiger partial charge in [-0.05, 0) is 32.1 Å². The van der Waals surface area contributed by atoms with E-state index in [-0.39, 0.29) is 24.9 Å². The highest BCUT2D eigenvalue weighted by Crippen LogP contribution is 2.26. The summed E-state index contributed by atoms with van der Waals surface area (Å²) in [6, 6.07) is 0. The fourth-order valence-electron chi connectivity index (χ4n) is 3.68. The van der Waals surface area contributed by atoms with Gasteiger partial charge in [0.05, 0.1) is 6.42 Å². The molecule has 3 atom stereocenters. The van der Waals surface area contributed by atoms with Crippen LogP contribution in [0.3, 0.4) is 0 Å². The van der Waals surface area contributed by atoms with E-state index < -0.39 is 24.1 Å². The molecule has 2 N–H and O–H groups in total. The molecule has 0 spiro atoms. The lowest BCUT2D eigenvalue weighted by atomic mass is 10.0. The molecule has 1 rings (SSSR count). The van der Waals surface area contributed by atoms with Gasteiger partial charge in [0, 0.05) is 6.42 Å². The minimum absolute atomic E-state index is 0.0182. The fourth-order valence-corrected chi connectivity index (χ4v) is 3.68. The molecular weight excluding hydrogens is 388 g/mol. The zero-order valence-corrected chi connectivity index (χ0v) is 18.5. The molecule has 174 valence electrons. The monoisotopic (exact) mass is 428 g/mol. The Hall–Kier alpha value is -1.63. The summed E-state index contributed by atoms with van der Waals surface area (Å²) in [5.41, 5.74) is 0. The first kappa shape index (κ1) is 26.4. The van der Waals surface area contributed by atoms with Crippen LogP contribution in [0.25, 0.3) is 0 Å². The van der Waals surface area contributed by atoms with Gasteiger partial charge in [-0.1, -0.05) is 64.7 Å². The van der Waals surface area contributed by atoms with Crippen molar-refractivity contribution in [1.82, 2.24) is 0 Å². The molecule has 1 aliphatic rings. The Morgan fingerprint density at radius 1 is 0.833 bits per heavy atom. The number of hydrogen-bond donors (Lipinski definition) is 2. The summed E-state index contributed by atoms with van der Waals surface area (Å²) < 4.78 is 10.6. The van der Waals surface area contributed by atoms with E-state index in [0.29, 0.717) is 0 Å². The highest BCUT2D eigenvalue weighted by molar-refractivity contribution is 5.78. The van der Waals surface area contributed by atoms with Crippen LogP contribution in [0, 0.1) is 0 Å². The number of esters is 1. The lowest BCUT2D eigenvalue weighted by molar-refractivity contribution is -0.150. The Bertz CT molecular complexity index is 506. The summed E-state index contributed by atoms with van der Waals surface area (Å²) in [5, 5.41) is 17.5. The van der Waals surface area contributed by atoms with E-state index in [1.54, 1.807) is 0 Å². The lowest BCUT2D eigenvalue weighted by Gasteiger charge is -2.18. The van der Waals surface area contributed by atoms with Gasteiger partial charge in [-0.3, -0.25) is 9.59 Å². The topological polar surface area (TPSA) is 113 Å². The standard InChI is InChI=1S/C23H40O7/c1-2-3-4-11-14-18(29-21(26)17-19-22(30-19)23(27)28)15-12-9-7-5-6-8-10-13-16-20(24)25/h18-19,22H,2-17H2,1H3,(H,24,25)(H,27,28). The Labute approximate surface area is 180 Å². The molecular formula is C23H40O7. The van der Waals surface area contributed by atoms with Crippen molar-refractivity contribution in [3.63, 3.8) is 0 Å². The second-order valence-corrected chi connectivity index (χ2v) is 8.36.